The number of thioether (sulfide) groups is 1. The van der Waals surface area contributed by atoms with Crippen molar-refractivity contribution < 1.29 is 9.21 Å². The highest BCUT2D eigenvalue weighted by Crippen LogP contribution is 2.25. The number of carbonyl (C=O) groups excluding carboxylic acids is 1. The summed E-state index contributed by atoms with van der Waals surface area (Å²) in [4.78, 5) is 11.7. The van der Waals surface area contributed by atoms with Crippen LogP contribution in [0.25, 0.3) is 0 Å². The molecule has 1 rings (SSSR count). The van der Waals surface area contributed by atoms with Crippen molar-refractivity contribution in [3.05, 3.63) is 11.8 Å². The van der Waals surface area contributed by atoms with Gasteiger partial charge in [0.05, 0.1) is 4.90 Å². The Bertz CT molecular complexity index is 280. The summed E-state index contributed by atoms with van der Waals surface area (Å²) in [6.45, 7) is 1.46. The first kappa shape index (κ1) is 8.20. The van der Waals surface area contributed by atoms with Crippen LogP contribution in [0.3, 0.4) is 0 Å². The molecule has 1 aromatic rings. The van der Waals surface area contributed by atoms with E-state index in [9.17, 15) is 4.79 Å². The fourth-order valence-corrected chi connectivity index (χ4v) is 1.39. The molecule has 11 heavy (non-hydrogen) atoms. The average Bonchev–Trinajstić information content (AvgIpc) is 2.30. The number of nitrogen functional groups attached to an aromatic ring is 1. The summed E-state index contributed by atoms with van der Waals surface area (Å²) in [5.41, 5.74) is 5.36. The molecular weight excluding hydrogens is 162 g/mol. The highest BCUT2D eigenvalue weighted by molar-refractivity contribution is 7.98. The van der Waals surface area contributed by atoms with Gasteiger partial charge in [0.15, 0.2) is 17.4 Å². The lowest BCUT2D eigenvalue weighted by Gasteiger charge is -1.90. The van der Waals surface area contributed by atoms with Gasteiger partial charge in [-0.1, -0.05) is 0 Å². The highest BCUT2D eigenvalue weighted by Gasteiger charge is 2.12. The maximum atomic E-state index is 10.9. The Balaban J connectivity index is 3.12. The predicted octanol–water partition coefficient (Wildman–Crippen LogP) is 1.79. The van der Waals surface area contributed by atoms with Gasteiger partial charge in [-0.2, -0.15) is 0 Å². The molecule has 0 fully saturated rings. The van der Waals surface area contributed by atoms with E-state index in [-0.39, 0.29) is 5.78 Å². The summed E-state index contributed by atoms with van der Waals surface area (Å²) < 4.78 is 4.97. The molecule has 1 aromatic heterocycles. The predicted molar refractivity (Wildman–Crippen MR) is 44.9 cm³/mol. The van der Waals surface area contributed by atoms with Crippen molar-refractivity contribution in [2.45, 2.75) is 11.8 Å². The van der Waals surface area contributed by atoms with Crippen LogP contribution in [0.4, 0.5) is 5.88 Å². The number of rotatable bonds is 2. The van der Waals surface area contributed by atoms with Crippen molar-refractivity contribution in [1.82, 2.24) is 0 Å². The molecule has 0 radical (unpaired) electrons. The van der Waals surface area contributed by atoms with Crippen LogP contribution >= 0.6 is 11.8 Å². The third-order valence-corrected chi connectivity index (χ3v) is 2.00. The van der Waals surface area contributed by atoms with Gasteiger partial charge in [-0.25, -0.2) is 0 Å². The molecule has 0 aromatic carbocycles. The number of carbonyl (C=O) groups is 1. The minimum atomic E-state index is -0.0916. The first-order valence-corrected chi connectivity index (χ1v) is 4.32. The Labute approximate surface area is 68.9 Å². The van der Waals surface area contributed by atoms with Crippen LogP contribution in [0.5, 0.6) is 0 Å². The van der Waals surface area contributed by atoms with Crippen molar-refractivity contribution in [3.63, 3.8) is 0 Å². The third-order valence-electron chi connectivity index (χ3n) is 1.26. The molecule has 0 aliphatic heterocycles. The molecule has 0 bridgehead atoms. The van der Waals surface area contributed by atoms with Gasteiger partial charge in [-0.3, -0.25) is 4.79 Å². The summed E-state index contributed by atoms with van der Waals surface area (Å²) in [5, 5.41) is 0. The minimum absolute atomic E-state index is 0.0916. The molecule has 4 heteroatoms. The summed E-state index contributed by atoms with van der Waals surface area (Å²) >= 11 is 1.45. The fraction of sp³-hybridized carbons (Fsp3) is 0.286. The summed E-state index contributed by atoms with van der Waals surface area (Å²) in [7, 11) is 0. The number of furan rings is 1. The lowest BCUT2D eigenvalue weighted by molar-refractivity contribution is 0.0984. The van der Waals surface area contributed by atoms with E-state index in [4.69, 9.17) is 10.2 Å². The van der Waals surface area contributed by atoms with E-state index in [1.54, 1.807) is 6.07 Å². The average molecular weight is 171 g/mol. The van der Waals surface area contributed by atoms with E-state index in [2.05, 4.69) is 0 Å². The second kappa shape index (κ2) is 3.00. The van der Waals surface area contributed by atoms with E-state index in [1.807, 2.05) is 6.26 Å². The number of nitrogens with two attached hydrogens (primary N) is 1. The van der Waals surface area contributed by atoms with Crippen LogP contribution < -0.4 is 5.73 Å². The van der Waals surface area contributed by atoms with E-state index < -0.39 is 0 Å². The smallest absolute Gasteiger partial charge is 0.196 e. The molecule has 0 saturated heterocycles. The van der Waals surface area contributed by atoms with Crippen LogP contribution in [0.1, 0.15) is 17.5 Å². The van der Waals surface area contributed by atoms with E-state index in [0.29, 0.717) is 11.6 Å². The molecule has 0 amide bonds. The van der Waals surface area contributed by atoms with Crippen LogP contribution in [0, 0.1) is 0 Å². The molecule has 0 spiro atoms. The molecule has 0 aliphatic rings. The Kier molecular flexibility index (Phi) is 2.24. The zero-order valence-corrected chi connectivity index (χ0v) is 7.20. The fourth-order valence-electron chi connectivity index (χ4n) is 0.789. The zero-order valence-electron chi connectivity index (χ0n) is 6.38. The standard InChI is InChI=1S/C7H9NO2S/c1-4(9)7-5(11-2)3-6(8)10-7/h3H,8H2,1-2H3. The first-order chi connectivity index (χ1) is 5.15. The molecule has 0 aliphatic carbocycles. The van der Waals surface area contributed by atoms with Crippen LogP contribution in [0.2, 0.25) is 0 Å². The van der Waals surface area contributed by atoms with Crippen LogP contribution in [-0.4, -0.2) is 12.0 Å². The zero-order chi connectivity index (χ0) is 8.43. The van der Waals surface area contributed by atoms with E-state index in [0.717, 1.165) is 4.90 Å². The van der Waals surface area contributed by atoms with E-state index in [1.165, 1.54) is 18.7 Å². The Morgan fingerprint density at radius 2 is 2.36 bits per heavy atom. The van der Waals surface area contributed by atoms with Crippen molar-refractivity contribution in [2.24, 2.45) is 0 Å². The molecule has 2 N–H and O–H groups in total. The van der Waals surface area contributed by atoms with Gasteiger partial charge in [-0.15, -0.1) is 11.8 Å². The molecule has 1 heterocycles. The van der Waals surface area contributed by atoms with Gasteiger partial charge in [0, 0.05) is 13.0 Å². The second-order valence-electron chi connectivity index (χ2n) is 2.10. The lowest BCUT2D eigenvalue weighted by atomic mass is 10.3. The lowest BCUT2D eigenvalue weighted by Crippen LogP contribution is -1.89. The molecule has 0 atom stereocenters. The number of Topliss-reactive ketones (excluding diaryl/α,β-unsaturated/α-hetero) is 1. The van der Waals surface area contributed by atoms with Gasteiger partial charge >= 0.3 is 0 Å². The maximum absolute atomic E-state index is 10.9. The number of hydrogen-bond donors (Lipinski definition) is 1. The largest absolute Gasteiger partial charge is 0.437 e. The van der Waals surface area contributed by atoms with Crippen molar-refractivity contribution >= 4 is 23.4 Å². The Morgan fingerprint density at radius 3 is 2.73 bits per heavy atom. The molecule has 60 valence electrons. The summed E-state index contributed by atoms with van der Waals surface area (Å²) in [6, 6.07) is 1.65. The number of ketones is 1. The Hall–Kier alpha value is -0.900. The number of hydrogen-bond acceptors (Lipinski definition) is 4. The van der Waals surface area contributed by atoms with Gasteiger partial charge < -0.3 is 10.2 Å². The monoisotopic (exact) mass is 171 g/mol. The Morgan fingerprint density at radius 1 is 1.73 bits per heavy atom. The van der Waals surface area contributed by atoms with E-state index >= 15 is 0 Å². The number of anilines is 1. The van der Waals surface area contributed by atoms with Gasteiger partial charge in [-0.05, 0) is 6.26 Å². The van der Waals surface area contributed by atoms with Crippen LogP contribution in [0.15, 0.2) is 15.4 Å². The molecule has 3 nitrogen and oxygen atoms in total. The van der Waals surface area contributed by atoms with Crippen molar-refractivity contribution in [1.29, 1.82) is 0 Å². The maximum Gasteiger partial charge on any atom is 0.196 e. The SMILES string of the molecule is CSc1cc(N)oc1C(C)=O. The quantitative estimate of drug-likeness (QED) is 0.544. The molecule has 0 unspecified atom stereocenters. The van der Waals surface area contributed by atoms with Crippen molar-refractivity contribution in [2.75, 3.05) is 12.0 Å². The van der Waals surface area contributed by atoms with Gasteiger partial charge in [0.1, 0.15) is 0 Å². The van der Waals surface area contributed by atoms with Gasteiger partial charge in [0.2, 0.25) is 0 Å². The van der Waals surface area contributed by atoms with Crippen molar-refractivity contribution in [3.8, 4) is 0 Å². The van der Waals surface area contributed by atoms with Crippen LogP contribution in [-0.2, 0) is 0 Å². The summed E-state index contributed by atoms with van der Waals surface area (Å²) in [5.74, 6) is 0.556. The molecule has 0 saturated carbocycles. The summed E-state index contributed by atoms with van der Waals surface area (Å²) in [6.07, 6.45) is 1.87. The normalized spacial score (nSPS) is 10.0. The molecular formula is C7H9NO2S. The van der Waals surface area contributed by atoms with Gasteiger partial charge in [0.25, 0.3) is 0 Å². The topological polar surface area (TPSA) is 56.2 Å². The third kappa shape index (κ3) is 1.57. The second-order valence-corrected chi connectivity index (χ2v) is 2.95. The minimum Gasteiger partial charge on any atom is -0.437 e. The highest BCUT2D eigenvalue weighted by atomic mass is 32.2. The first-order valence-electron chi connectivity index (χ1n) is 3.09.